The van der Waals surface area contributed by atoms with Crippen molar-refractivity contribution >= 4 is 49.8 Å². The van der Waals surface area contributed by atoms with Crippen LogP contribution in [-0.4, -0.2) is 24.9 Å². The molecule has 0 aliphatic carbocycles. The van der Waals surface area contributed by atoms with E-state index in [1.807, 2.05) is 29.8 Å². The molecule has 1 aromatic carbocycles. The zero-order valence-corrected chi connectivity index (χ0v) is 16.4. The van der Waals surface area contributed by atoms with Gasteiger partial charge in [-0.1, -0.05) is 46.7 Å². The summed E-state index contributed by atoms with van der Waals surface area (Å²) in [5, 5.41) is 14.4. The molecule has 0 bridgehead atoms. The largest absolute Gasteiger partial charge is 0.361 e. The highest BCUT2D eigenvalue weighted by Gasteiger charge is 2.14. The second-order valence-electron chi connectivity index (χ2n) is 6.15. The summed E-state index contributed by atoms with van der Waals surface area (Å²) in [5.74, 6) is 1.87. The fourth-order valence-corrected chi connectivity index (χ4v) is 3.71. The molecule has 0 spiro atoms. The van der Waals surface area contributed by atoms with Gasteiger partial charge >= 0.3 is 0 Å². The van der Waals surface area contributed by atoms with Gasteiger partial charge in [-0.05, 0) is 18.2 Å². The molecule has 8 heteroatoms. The molecule has 6 nitrogen and oxygen atoms in total. The predicted octanol–water partition coefficient (Wildman–Crippen LogP) is 4.68. The van der Waals surface area contributed by atoms with Crippen molar-refractivity contribution in [1.82, 2.24) is 24.9 Å². The third-order valence-electron chi connectivity index (χ3n) is 4.04. The van der Waals surface area contributed by atoms with Crippen molar-refractivity contribution in [2.75, 3.05) is 0 Å². The Kier molecular flexibility index (Phi) is 4.24. The van der Waals surface area contributed by atoms with Gasteiger partial charge in [0.05, 0.1) is 11.2 Å². The molecule has 0 unspecified atom stereocenters. The molecule has 25 heavy (non-hydrogen) atoms. The first-order valence-corrected chi connectivity index (χ1v) is 9.67. The monoisotopic (exact) mass is 417 g/mol. The summed E-state index contributed by atoms with van der Waals surface area (Å²) in [4.78, 5) is 4.68. The number of benzene rings is 1. The van der Waals surface area contributed by atoms with Gasteiger partial charge in [0.1, 0.15) is 11.3 Å². The molecular formula is C17H16BrN5OS. The van der Waals surface area contributed by atoms with E-state index in [0.717, 1.165) is 38.0 Å². The maximum Gasteiger partial charge on any atom is 0.211 e. The molecule has 0 saturated heterocycles. The topological polar surface area (TPSA) is 69.6 Å². The first kappa shape index (κ1) is 16.5. The Morgan fingerprint density at radius 2 is 2.08 bits per heavy atom. The summed E-state index contributed by atoms with van der Waals surface area (Å²) in [6.07, 6.45) is 0. The van der Waals surface area contributed by atoms with Gasteiger partial charge in [-0.2, -0.15) is 0 Å². The van der Waals surface area contributed by atoms with Crippen LogP contribution < -0.4 is 0 Å². The number of aryl methyl sites for hydroxylation is 1. The highest BCUT2D eigenvalue weighted by atomic mass is 79.9. The van der Waals surface area contributed by atoms with Crippen LogP contribution in [0.4, 0.5) is 0 Å². The molecule has 4 aromatic rings. The first-order valence-electron chi connectivity index (χ1n) is 7.89. The Labute approximate surface area is 157 Å². The summed E-state index contributed by atoms with van der Waals surface area (Å²) in [7, 11) is 1.99. The summed E-state index contributed by atoms with van der Waals surface area (Å²) < 4.78 is 8.38. The third-order valence-corrected chi connectivity index (χ3v) is 5.40. The molecule has 0 N–H and O–H groups in total. The number of thioether (sulfide) groups is 1. The fourth-order valence-electron chi connectivity index (χ4n) is 2.68. The Hall–Kier alpha value is -1.93. The minimum absolute atomic E-state index is 0.329. The van der Waals surface area contributed by atoms with Crippen molar-refractivity contribution in [1.29, 1.82) is 0 Å². The van der Waals surface area contributed by atoms with Crippen LogP contribution in [0.5, 0.6) is 0 Å². The van der Waals surface area contributed by atoms with Gasteiger partial charge in [0.2, 0.25) is 5.16 Å². The molecule has 128 valence electrons. The van der Waals surface area contributed by atoms with E-state index in [9.17, 15) is 0 Å². The van der Waals surface area contributed by atoms with Crippen molar-refractivity contribution in [2.24, 2.45) is 7.05 Å². The quantitative estimate of drug-likeness (QED) is 0.448. The van der Waals surface area contributed by atoms with Crippen LogP contribution in [0.1, 0.15) is 31.2 Å². The molecule has 0 aliphatic heterocycles. The van der Waals surface area contributed by atoms with Crippen LogP contribution in [0.2, 0.25) is 0 Å². The van der Waals surface area contributed by atoms with Crippen molar-refractivity contribution in [3.63, 3.8) is 0 Å². The number of rotatable bonds is 4. The third kappa shape index (κ3) is 3.04. The Morgan fingerprint density at radius 1 is 1.24 bits per heavy atom. The van der Waals surface area contributed by atoms with E-state index >= 15 is 0 Å². The van der Waals surface area contributed by atoms with Crippen LogP contribution in [-0.2, 0) is 12.8 Å². The van der Waals surface area contributed by atoms with Gasteiger partial charge in [0, 0.05) is 34.6 Å². The van der Waals surface area contributed by atoms with Crippen molar-refractivity contribution < 1.29 is 4.52 Å². The van der Waals surface area contributed by atoms with E-state index < -0.39 is 0 Å². The minimum Gasteiger partial charge on any atom is -0.361 e. The van der Waals surface area contributed by atoms with Gasteiger partial charge in [-0.15, -0.1) is 10.2 Å². The SMILES string of the molecule is CC(C)c1cc(CSc2nnc3c4cc(Br)ccc4n(C)c3n2)no1. The number of hydrogen-bond donors (Lipinski definition) is 0. The molecule has 0 aliphatic rings. The van der Waals surface area contributed by atoms with E-state index in [2.05, 4.69) is 56.2 Å². The van der Waals surface area contributed by atoms with Crippen LogP contribution in [0.25, 0.3) is 22.1 Å². The lowest BCUT2D eigenvalue weighted by molar-refractivity contribution is 0.367. The average molecular weight is 418 g/mol. The molecule has 0 fully saturated rings. The van der Waals surface area contributed by atoms with Gasteiger partial charge < -0.3 is 9.09 Å². The summed E-state index contributed by atoms with van der Waals surface area (Å²) >= 11 is 5.01. The second-order valence-corrected chi connectivity index (χ2v) is 8.01. The van der Waals surface area contributed by atoms with E-state index in [4.69, 9.17) is 4.52 Å². The summed E-state index contributed by atoms with van der Waals surface area (Å²) in [6.45, 7) is 4.16. The lowest BCUT2D eigenvalue weighted by Crippen LogP contribution is -1.95. The predicted molar refractivity (Wildman–Crippen MR) is 102 cm³/mol. The van der Waals surface area contributed by atoms with Crippen molar-refractivity contribution in [2.45, 2.75) is 30.7 Å². The molecule has 0 atom stereocenters. The van der Waals surface area contributed by atoms with Crippen LogP contribution in [0.3, 0.4) is 0 Å². The number of halogens is 1. The lowest BCUT2D eigenvalue weighted by atomic mass is 10.1. The maximum atomic E-state index is 5.33. The molecular weight excluding hydrogens is 402 g/mol. The van der Waals surface area contributed by atoms with Crippen molar-refractivity contribution in [3.8, 4) is 0 Å². The Bertz CT molecular complexity index is 1070. The van der Waals surface area contributed by atoms with E-state index in [0.29, 0.717) is 16.8 Å². The summed E-state index contributed by atoms with van der Waals surface area (Å²) in [6, 6.07) is 8.10. The van der Waals surface area contributed by atoms with E-state index in [1.165, 1.54) is 11.8 Å². The smallest absolute Gasteiger partial charge is 0.211 e. The van der Waals surface area contributed by atoms with E-state index in [1.54, 1.807) is 0 Å². The van der Waals surface area contributed by atoms with Gasteiger partial charge in [-0.25, -0.2) is 4.98 Å². The van der Waals surface area contributed by atoms with Gasteiger partial charge in [-0.3, -0.25) is 0 Å². The van der Waals surface area contributed by atoms with Crippen LogP contribution >= 0.6 is 27.7 Å². The highest BCUT2D eigenvalue weighted by Crippen LogP contribution is 2.29. The molecule has 3 aromatic heterocycles. The van der Waals surface area contributed by atoms with Gasteiger partial charge in [0.25, 0.3) is 0 Å². The molecule has 0 amide bonds. The Morgan fingerprint density at radius 3 is 2.84 bits per heavy atom. The van der Waals surface area contributed by atoms with Crippen molar-refractivity contribution in [3.05, 3.63) is 40.2 Å². The van der Waals surface area contributed by atoms with Crippen LogP contribution in [0.15, 0.2) is 38.4 Å². The fraction of sp³-hybridized carbons (Fsp3) is 0.294. The molecule has 0 saturated carbocycles. The molecule has 4 rings (SSSR count). The Balaban J connectivity index is 1.64. The highest BCUT2D eigenvalue weighted by molar-refractivity contribution is 9.10. The van der Waals surface area contributed by atoms with E-state index in [-0.39, 0.29) is 0 Å². The summed E-state index contributed by atoms with van der Waals surface area (Å²) in [5.41, 5.74) is 3.61. The minimum atomic E-state index is 0.329. The van der Waals surface area contributed by atoms with Crippen LogP contribution in [0, 0.1) is 0 Å². The number of aromatic nitrogens is 5. The van der Waals surface area contributed by atoms with Gasteiger partial charge in [0.15, 0.2) is 5.65 Å². The number of hydrogen-bond acceptors (Lipinski definition) is 6. The zero-order valence-electron chi connectivity index (χ0n) is 14.0. The maximum absolute atomic E-state index is 5.33. The molecule has 0 radical (unpaired) electrons. The zero-order chi connectivity index (χ0) is 17.6. The normalized spacial score (nSPS) is 11.9. The standard InChI is InChI=1S/C17H16BrN5OS/c1-9(2)14-7-11(22-24-14)8-25-17-19-16-15(20-21-17)12-6-10(18)4-5-13(12)23(16)3/h4-7,9H,8H2,1-3H3. The number of nitrogens with zero attached hydrogens (tertiary/aromatic N) is 5. The number of fused-ring (bicyclic) bond motifs is 3. The molecule has 3 heterocycles. The average Bonchev–Trinajstić information content (AvgIpc) is 3.17. The lowest BCUT2D eigenvalue weighted by Gasteiger charge is -1.99. The second kappa shape index (κ2) is 6.42. The first-order chi connectivity index (χ1) is 12.0.